The number of hydrogen-bond donors (Lipinski definition) is 4. The molecule has 0 unspecified atom stereocenters. The highest BCUT2D eigenvalue weighted by molar-refractivity contribution is 6.05. The van der Waals surface area contributed by atoms with Crippen LogP contribution in [0.1, 0.15) is 16.2 Å². The topological polar surface area (TPSA) is 159 Å². The van der Waals surface area contributed by atoms with Crippen molar-refractivity contribution in [2.24, 2.45) is 16.5 Å². The van der Waals surface area contributed by atoms with E-state index in [1.165, 1.54) is 13.1 Å². The lowest BCUT2D eigenvalue weighted by molar-refractivity contribution is -0.114. The van der Waals surface area contributed by atoms with Crippen molar-refractivity contribution in [2.75, 3.05) is 51.7 Å². The number of primary amides is 1. The fraction of sp³-hybridized carbons (Fsp3) is 0.421. The zero-order chi connectivity index (χ0) is 22.3. The third-order valence-electron chi connectivity index (χ3n) is 4.71. The van der Waals surface area contributed by atoms with Gasteiger partial charge in [-0.3, -0.25) is 14.5 Å². The number of carbonyl (C=O) groups excluding carboxylic acids is 3. The van der Waals surface area contributed by atoms with Crippen LogP contribution < -0.4 is 27.0 Å². The Bertz CT molecular complexity index is 873. The van der Waals surface area contributed by atoms with Gasteiger partial charge in [-0.2, -0.15) is 4.99 Å². The Balaban J connectivity index is 2.02. The van der Waals surface area contributed by atoms with Crippen LogP contribution in [-0.4, -0.2) is 80.4 Å². The molecular weight excluding hydrogens is 388 g/mol. The molecule has 6 N–H and O–H groups in total. The highest BCUT2D eigenvalue weighted by atomic mass is 16.2. The van der Waals surface area contributed by atoms with Gasteiger partial charge in [0.1, 0.15) is 11.5 Å². The number of amidine groups is 1. The van der Waals surface area contributed by atoms with Gasteiger partial charge in [-0.05, 0) is 25.1 Å². The van der Waals surface area contributed by atoms with E-state index in [4.69, 9.17) is 11.5 Å². The molecule has 0 aliphatic carbocycles. The van der Waals surface area contributed by atoms with Crippen LogP contribution >= 0.6 is 0 Å². The molecule has 11 nitrogen and oxygen atoms in total. The van der Waals surface area contributed by atoms with Crippen molar-refractivity contribution in [1.29, 1.82) is 0 Å². The maximum Gasteiger partial charge on any atom is 0.342 e. The summed E-state index contributed by atoms with van der Waals surface area (Å²) in [6, 6.07) is 3.00. The number of amides is 4. The number of hydrogen-bond acceptors (Lipinski definition) is 6. The lowest BCUT2D eigenvalue weighted by Gasteiger charge is -2.36. The number of pyridine rings is 1. The summed E-state index contributed by atoms with van der Waals surface area (Å²) >= 11 is 0. The number of piperazine rings is 1. The van der Waals surface area contributed by atoms with Crippen LogP contribution in [0.5, 0.6) is 0 Å². The Morgan fingerprint density at radius 3 is 2.33 bits per heavy atom. The van der Waals surface area contributed by atoms with Gasteiger partial charge in [0.15, 0.2) is 0 Å². The molecule has 11 heteroatoms. The first-order valence-corrected chi connectivity index (χ1v) is 9.48. The zero-order valence-corrected chi connectivity index (χ0v) is 17.4. The first-order valence-electron chi connectivity index (χ1n) is 9.48. The Hall–Kier alpha value is -3.47. The van der Waals surface area contributed by atoms with Crippen LogP contribution in [-0.2, 0) is 4.79 Å². The van der Waals surface area contributed by atoms with Gasteiger partial charge in [0.25, 0.3) is 5.91 Å². The number of nitrogens with one attached hydrogen (secondary N) is 2. The quantitative estimate of drug-likeness (QED) is 0.262. The second-order valence-electron chi connectivity index (χ2n) is 6.77. The van der Waals surface area contributed by atoms with Gasteiger partial charge in [0.2, 0.25) is 5.91 Å². The molecule has 1 aromatic rings. The minimum absolute atomic E-state index is 0.0836. The average Bonchev–Trinajstić information content (AvgIpc) is 2.73. The first kappa shape index (κ1) is 22.8. The first-order chi connectivity index (χ1) is 14.2. The number of aromatic nitrogens is 1. The molecule has 0 saturated carbocycles. The Morgan fingerprint density at radius 1 is 1.13 bits per heavy atom. The predicted octanol–water partition coefficient (Wildman–Crippen LogP) is -1.02. The van der Waals surface area contributed by atoms with Crippen LogP contribution in [0.4, 0.5) is 10.5 Å². The highest BCUT2D eigenvalue weighted by Crippen LogP contribution is 2.20. The van der Waals surface area contributed by atoms with Gasteiger partial charge in [-0.25, -0.2) is 9.78 Å². The summed E-state index contributed by atoms with van der Waals surface area (Å²) in [6.45, 7) is 4.99. The number of aliphatic imine (C=N–C) groups is 1. The van der Waals surface area contributed by atoms with Crippen molar-refractivity contribution in [3.8, 4) is 0 Å². The molecule has 1 aliphatic heterocycles. The Kier molecular flexibility index (Phi) is 7.87. The highest BCUT2D eigenvalue weighted by Gasteiger charge is 2.21. The van der Waals surface area contributed by atoms with Gasteiger partial charge in [0.05, 0.1) is 11.4 Å². The van der Waals surface area contributed by atoms with Gasteiger partial charge in [-0.1, -0.05) is 0 Å². The fourth-order valence-electron chi connectivity index (χ4n) is 3.11. The summed E-state index contributed by atoms with van der Waals surface area (Å²) in [5, 5.41) is 4.89. The molecule has 2 rings (SSSR count). The number of aryl methyl sites for hydroxylation is 1. The molecular formula is C19H28N8O3. The lowest BCUT2D eigenvalue weighted by Crippen LogP contribution is -2.48. The molecule has 1 fully saturated rings. The number of nitrogens with two attached hydrogens (primary N) is 2. The normalized spacial score (nSPS) is 15.6. The minimum atomic E-state index is -0.614. The third-order valence-corrected chi connectivity index (χ3v) is 4.71. The van der Waals surface area contributed by atoms with E-state index in [1.807, 2.05) is 13.0 Å². The fourth-order valence-corrected chi connectivity index (χ4v) is 3.11. The molecule has 162 valence electrons. The summed E-state index contributed by atoms with van der Waals surface area (Å²) < 4.78 is 0. The summed E-state index contributed by atoms with van der Waals surface area (Å²) in [4.78, 5) is 47.0. The van der Waals surface area contributed by atoms with Crippen molar-refractivity contribution in [2.45, 2.75) is 6.92 Å². The van der Waals surface area contributed by atoms with Gasteiger partial charge in [-0.15, -0.1) is 0 Å². The maximum atomic E-state index is 11.8. The van der Waals surface area contributed by atoms with E-state index in [2.05, 4.69) is 30.4 Å². The second kappa shape index (κ2) is 10.3. The zero-order valence-electron chi connectivity index (χ0n) is 17.4. The molecule has 0 aromatic carbocycles. The summed E-state index contributed by atoms with van der Waals surface area (Å²) in [7, 11) is 3.00. The van der Waals surface area contributed by atoms with E-state index in [0.717, 1.165) is 24.5 Å². The molecule has 0 spiro atoms. The van der Waals surface area contributed by atoms with Gasteiger partial charge in [0, 0.05) is 52.4 Å². The molecule has 0 bridgehead atoms. The standard InChI is InChI=1S/C19H28N8O3/c1-12-15(5-4-14(24-12)18(29)22-2)27-8-6-26(7-9-27)11-13(17(21)28)10-16(20)25-19(30)23-3/h4-5,10H,6-9,11H2,1-3H3,(H2,21,28)(H,22,29)(H3,20,23,25,30)/b13-10-. The molecule has 4 amide bonds. The monoisotopic (exact) mass is 416 g/mol. The lowest BCUT2D eigenvalue weighted by atomic mass is 10.1. The van der Waals surface area contributed by atoms with Crippen LogP contribution in [0.2, 0.25) is 0 Å². The largest absolute Gasteiger partial charge is 0.384 e. The van der Waals surface area contributed by atoms with Gasteiger partial charge >= 0.3 is 6.03 Å². The van der Waals surface area contributed by atoms with Gasteiger partial charge < -0.3 is 27.0 Å². The van der Waals surface area contributed by atoms with E-state index in [9.17, 15) is 14.4 Å². The third kappa shape index (κ3) is 6.01. The number of anilines is 1. The smallest absolute Gasteiger partial charge is 0.342 e. The number of nitrogens with zero attached hydrogens (tertiary/aromatic N) is 4. The molecule has 1 aromatic heterocycles. The van der Waals surface area contributed by atoms with Crippen molar-refractivity contribution in [3.63, 3.8) is 0 Å². The molecule has 1 aliphatic rings. The summed E-state index contributed by atoms with van der Waals surface area (Å²) in [5.74, 6) is -0.920. The van der Waals surface area contributed by atoms with Crippen LogP contribution in [0.25, 0.3) is 0 Å². The minimum Gasteiger partial charge on any atom is -0.384 e. The molecule has 1 saturated heterocycles. The van der Waals surface area contributed by atoms with E-state index in [-0.39, 0.29) is 17.3 Å². The number of urea groups is 1. The SMILES string of the molecule is CNC(=O)/N=C(N)/C=C(/CN1CCN(c2ccc(C(=O)NC)nc2C)CC1)C(N)=O. The number of rotatable bonds is 6. The van der Waals surface area contributed by atoms with Crippen molar-refractivity contribution in [1.82, 2.24) is 20.5 Å². The Morgan fingerprint density at radius 2 is 1.80 bits per heavy atom. The van der Waals surface area contributed by atoms with Crippen LogP contribution in [0, 0.1) is 6.92 Å². The van der Waals surface area contributed by atoms with Crippen LogP contribution in [0.15, 0.2) is 28.8 Å². The van der Waals surface area contributed by atoms with E-state index in [1.54, 1.807) is 13.1 Å². The maximum absolute atomic E-state index is 11.8. The molecule has 30 heavy (non-hydrogen) atoms. The summed E-state index contributed by atoms with van der Waals surface area (Å²) in [6.07, 6.45) is 1.33. The van der Waals surface area contributed by atoms with E-state index in [0.29, 0.717) is 25.3 Å². The molecule has 0 radical (unpaired) electrons. The second-order valence-corrected chi connectivity index (χ2v) is 6.77. The predicted molar refractivity (Wildman–Crippen MR) is 114 cm³/mol. The molecule has 2 heterocycles. The van der Waals surface area contributed by atoms with Crippen molar-refractivity contribution < 1.29 is 14.4 Å². The van der Waals surface area contributed by atoms with E-state index >= 15 is 0 Å². The van der Waals surface area contributed by atoms with Crippen LogP contribution in [0.3, 0.4) is 0 Å². The Labute approximate surface area is 175 Å². The van der Waals surface area contributed by atoms with E-state index < -0.39 is 11.9 Å². The van der Waals surface area contributed by atoms with Crippen molar-refractivity contribution in [3.05, 3.63) is 35.2 Å². The molecule has 0 atom stereocenters. The number of carbonyl (C=O) groups is 3. The van der Waals surface area contributed by atoms with Crippen molar-refractivity contribution >= 4 is 29.4 Å². The average molecular weight is 416 g/mol. The summed E-state index contributed by atoms with van der Waals surface area (Å²) in [5.41, 5.74) is 13.6.